The van der Waals surface area contributed by atoms with E-state index in [1.54, 1.807) is 6.20 Å². The number of aromatic nitrogens is 2. The van der Waals surface area contributed by atoms with Gasteiger partial charge in [-0.15, -0.1) is 0 Å². The molecule has 0 saturated carbocycles. The first kappa shape index (κ1) is 12.2. The number of aryl methyl sites for hydroxylation is 1. The maximum atomic E-state index is 9.08. The van der Waals surface area contributed by atoms with Crippen molar-refractivity contribution in [2.75, 3.05) is 6.61 Å². The van der Waals surface area contributed by atoms with E-state index in [4.69, 9.17) is 10.8 Å². The highest BCUT2D eigenvalue weighted by atomic mass is 16.3. The largest absolute Gasteiger partial charge is 0.396 e. The van der Waals surface area contributed by atoms with Crippen LogP contribution in [0.2, 0.25) is 0 Å². The Hall–Kier alpha value is -0.870. The van der Waals surface area contributed by atoms with Gasteiger partial charge >= 0.3 is 0 Å². The molecule has 0 amide bonds. The molecule has 0 aliphatic heterocycles. The van der Waals surface area contributed by atoms with Crippen molar-refractivity contribution in [2.24, 2.45) is 5.73 Å². The second kappa shape index (κ2) is 4.77. The van der Waals surface area contributed by atoms with E-state index in [2.05, 4.69) is 12.0 Å². The summed E-state index contributed by atoms with van der Waals surface area (Å²) in [7, 11) is 0. The van der Waals surface area contributed by atoms with Crippen molar-refractivity contribution in [2.45, 2.75) is 45.2 Å². The molecule has 1 heterocycles. The van der Waals surface area contributed by atoms with Gasteiger partial charge in [-0.1, -0.05) is 0 Å². The predicted octanol–water partition coefficient (Wildman–Crippen LogP) is 1.11. The van der Waals surface area contributed by atoms with E-state index in [1.165, 1.54) is 0 Å². The van der Waals surface area contributed by atoms with Gasteiger partial charge in [-0.2, -0.15) is 5.10 Å². The Bertz CT molecular complexity index is 301. The van der Waals surface area contributed by atoms with E-state index in [9.17, 15) is 0 Å². The molecule has 1 unspecified atom stereocenters. The number of rotatable bonds is 5. The molecule has 3 N–H and O–H groups in total. The zero-order valence-corrected chi connectivity index (χ0v) is 9.77. The standard InChI is InChI=1S/C11H21N3O/c1-4-14-10(5-7-13-14)9(6-8-15)11(2,3)12/h5,7,9,15H,4,6,8,12H2,1-3H3. The number of aliphatic hydroxyl groups is 1. The van der Waals surface area contributed by atoms with Crippen molar-refractivity contribution in [3.63, 3.8) is 0 Å². The topological polar surface area (TPSA) is 64.1 Å². The van der Waals surface area contributed by atoms with Crippen molar-refractivity contribution in [3.8, 4) is 0 Å². The van der Waals surface area contributed by atoms with Crippen LogP contribution in [0.4, 0.5) is 0 Å². The third-order valence-corrected chi connectivity index (χ3v) is 2.72. The lowest BCUT2D eigenvalue weighted by Crippen LogP contribution is -2.40. The van der Waals surface area contributed by atoms with E-state index in [1.807, 2.05) is 24.6 Å². The first-order valence-electron chi connectivity index (χ1n) is 5.42. The molecular formula is C11H21N3O. The van der Waals surface area contributed by atoms with Crippen LogP contribution in [0.5, 0.6) is 0 Å². The summed E-state index contributed by atoms with van der Waals surface area (Å²) in [5, 5.41) is 13.3. The SMILES string of the molecule is CCn1nccc1C(CCO)C(C)(C)N. The highest BCUT2D eigenvalue weighted by molar-refractivity contribution is 5.13. The number of hydrogen-bond acceptors (Lipinski definition) is 3. The van der Waals surface area contributed by atoms with Crippen molar-refractivity contribution in [1.82, 2.24) is 9.78 Å². The molecule has 0 radical (unpaired) electrons. The predicted molar refractivity (Wildman–Crippen MR) is 60.6 cm³/mol. The summed E-state index contributed by atoms with van der Waals surface area (Å²) in [5.41, 5.74) is 6.90. The average molecular weight is 211 g/mol. The lowest BCUT2D eigenvalue weighted by Gasteiger charge is -2.30. The van der Waals surface area contributed by atoms with E-state index >= 15 is 0 Å². The molecule has 0 spiro atoms. The minimum absolute atomic E-state index is 0.143. The zero-order valence-electron chi connectivity index (χ0n) is 9.77. The molecule has 0 aromatic carbocycles. The Balaban J connectivity index is 2.99. The molecule has 1 atom stereocenters. The van der Waals surface area contributed by atoms with Crippen molar-refractivity contribution < 1.29 is 5.11 Å². The van der Waals surface area contributed by atoms with Gasteiger partial charge < -0.3 is 10.8 Å². The maximum absolute atomic E-state index is 9.08. The highest BCUT2D eigenvalue weighted by Gasteiger charge is 2.28. The van der Waals surface area contributed by atoms with E-state index in [0.29, 0.717) is 6.42 Å². The smallest absolute Gasteiger partial charge is 0.0492 e. The molecule has 4 heteroatoms. The Morgan fingerprint density at radius 1 is 1.60 bits per heavy atom. The second-order valence-electron chi connectivity index (χ2n) is 4.46. The van der Waals surface area contributed by atoms with Gasteiger partial charge in [0, 0.05) is 36.5 Å². The minimum Gasteiger partial charge on any atom is -0.396 e. The number of nitrogens with zero attached hydrogens (tertiary/aromatic N) is 2. The van der Waals surface area contributed by atoms with Crippen LogP contribution in [0.15, 0.2) is 12.3 Å². The van der Waals surface area contributed by atoms with Crippen molar-refractivity contribution in [1.29, 1.82) is 0 Å². The summed E-state index contributed by atoms with van der Waals surface area (Å²) in [6.45, 7) is 7.01. The van der Waals surface area contributed by atoms with E-state index < -0.39 is 0 Å². The maximum Gasteiger partial charge on any atom is 0.0492 e. The van der Waals surface area contributed by atoms with Crippen LogP contribution in [0, 0.1) is 0 Å². The molecule has 1 rings (SSSR count). The first-order valence-corrected chi connectivity index (χ1v) is 5.42. The summed E-state index contributed by atoms with van der Waals surface area (Å²) in [5.74, 6) is 0.143. The van der Waals surface area contributed by atoms with E-state index in [-0.39, 0.29) is 18.1 Å². The molecule has 0 fully saturated rings. The summed E-state index contributed by atoms with van der Waals surface area (Å²) in [6, 6.07) is 1.98. The summed E-state index contributed by atoms with van der Waals surface area (Å²) in [4.78, 5) is 0. The third-order valence-electron chi connectivity index (χ3n) is 2.72. The molecule has 1 aromatic heterocycles. The molecular weight excluding hydrogens is 190 g/mol. The molecule has 4 nitrogen and oxygen atoms in total. The first-order chi connectivity index (χ1) is 7.00. The fraction of sp³-hybridized carbons (Fsp3) is 0.727. The van der Waals surface area contributed by atoms with Gasteiger partial charge in [0.05, 0.1) is 0 Å². The molecule has 0 bridgehead atoms. The second-order valence-corrected chi connectivity index (χ2v) is 4.46. The molecule has 15 heavy (non-hydrogen) atoms. The Morgan fingerprint density at radius 3 is 2.73 bits per heavy atom. The normalized spacial score (nSPS) is 14.2. The van der Waals surface area contributed by atoms with Crippen LogP contribution in [0.1, 0.15) is 38.8 Å². The minimum atomic E-state index is -0.338. The van der Waals surface area contributed by atoms with Crippen molar-refractivity contribution in [3.05, 3.63) is 18.0 Å². The molecule has 0 aliphatic carbocycles. The molecule has 1 aromatic rings. The summed E-state index contributed by atoms with van der Waals surface area (Å²) >= 11 is 0. The van der Waals surface area contributed by atoms with Gasteiger partial charge in [0.15, 0.2) is 0 Å². The molecule has 0 aliphatic rings. The fourth-order valence-electron chi connectivity index (χ4n) is 1.93. The number of nitrogens with two attached hydrogens (primary N) is 1. The van der Waals surface area contributed by atoms with Gasteiger partial charge in [-0.05, 0) is 33.3 Å². The summed E-state index contributed by atoms with van der Waals surface area (Å²) < 4.78 is 1.94. The van der Waals surface area contributed by atoms with Crippen LogP contribution in [0.3, 0.4) is 0 Å². The van der Waals surface area contributed by atoms with E-state index in [0.717, 1.165) is 12.2 Å². The van der Waals surface area contributed by atoms with Crippen LogP contribution in [-0.2, 0) is 6.54 Å². The van der Waals surface area contributed by atoms with Gasteiger partial charge in [0.2, 0.25) is 0 Å². The Labute approximate surface area is 91.1 Å². The lowest BCUT2D eigenvalue weighted by molar-refractivity contribution is 0.245. The van der Waals surface area contributed by atoms with Crippen LogP contribution in [0.25, 0.3) is 0 Å². The molecule has 0 saturated heterocycles. The number of aliphatic hydroxyl groups excluding tert-OH is 1. The quantitative estimate of drug-likeness (QED) is 0.766. The van der Waals surface area contributed by atoms with Crippen LogP contribution < -0.4 is 5.73 Å². The average Bonchev–Trinajstić information content (AvgIpc) is 2.59. The Morgan fingerprint density at radius 2 is 2.27 bits per heavy atom. The lowest BCUT2D eigenvalue weighted by atomic mass is 9.83. The zero-order chi connectivity index (χ0) is 11.5. The van der Waals surface area contributed by atoms with Crippen LogP contribution in [-0.4, -0.2) is 27.0 Å². The highest BCUT2D eigenvalue weighted by Crippen LogP contribution is 2.28. The van der Waals surface area contributed by atoms with Gasteiger partial charge in [0.1, 0.15) is 0 Å². The molecule has 86 valence electrons. The van der Waals surface area contributed by atoms with Gasteiger partial charge in [-0.3, -0.25) is 4.68 Å². The fourth-order valence-corrected chi connectivity index (χ4v) is 1.93. The van der Waals surface area contributed by atoms with Gasteiger partial charge in [-0.25, -0.2) is 0 Å². The monoisotopic (exact) mass is 211 g/mol. The van der Waals surface area contributed by atoms with Gasteiger partial charge in [0.25, 0.3) is 0 Å². The summed E-state index contributed by atoms with van der Waals surface area (Å²) in [6.07, 6.45) is 2.46. The number of hydrogen-bond donors (Lipinski definition) is 2. The van der Waals surface area contributed by atoms with Crippen molar-refractivity contribution >= 4 is 0 Å². The van der Waals surface area contributed by atoms with Crippen LogP contribution >= 0.6 is 0 Å². The Kier molecular flexibility index (Phi) is 3.88. The third kappa shape index (κ3) is 2.79.